The molecule has 140 valence electrons. The second-order valence-electron chi connectivity index (χ2n) is 7.60. The van der Waals surface area contributed by atoms with Crippen molar-refractivity contribution in [3.8, 4) is 0 Å². The Balaban J connectivity index is 1.64. The van der Waals surface area contributed by atoms with Crippen molar-refractivity contribution in [3.63, 3.8) is 0 Å². The van der Waals surface area contributed by atoms with Crippen LogP contribution in [-0.4, -0.2) is 22.0 Å². The maximum absolute atomic E-state index is 11.6. The van der Waals surface area contributed by atoms with Crippen LogP contribution in [0, 0.1) is 5.92 Å². The van der Waals surface area contributed by atoms with E-state index < -0.39 is 0 Å². The molecule has 1 amide bonds. The van der Waals surface area contributed by atoms with E-state index in [1.165, 1.54) is 44.0 Å². The van der Waals surface area contributed by atoms with Gasteiger partial charge in [-0.15, -0.1) is 0 Å². The van der Waals surface area contributed by atoms with Crippen LogP contribution in [0.4, 0.5) is 0 Å². The molecular formula is C22H31N3O. The average molecular weight is 354 g/mol. The summed E-state index contributed by atoms with van der Waals surface area (Å²) >= 11 is 0. The first-order chi connectivity index (χ1) is 12.6. The lowest BCUT2D eigenvalue weighted by Crippen LogP contribution is -2.25. The van der Waals surface area contributed by atoms with E-state index in [4.69, 9.17) is 4.98 Å². The fraction of sp³-hybridized carbons (Fsp3) is 0.545. The molecule has 0 aliphatic heterocycles. The number of hydrogen-bond acceptors (Lipinski definition) is 2. The number of fused-ring (bicyclic) bond motifs is 1. The molecule has 1 aliphatic carbocycles. The summed E-state index contributed by atoms with van der Waals surface area (Å²) in [7, 11) is 0. The molecule has 2 aromatic rings. The number of hydrogen-bond donors (Lipinski definition) is 1. The highest BCUT2D eigenvalue weighted by Crippen LogP contribution is 2.28. The molecule has 0 unspecified atom stereocenters. The largest absolute Gasteiger partial charge is 0.352 e. The zero-order chi connectivity index (χ0) is 18.4. The van der Waals surface area contributed by atoms with Crippen LogP contribution in [0.15, 0.2) is 36.4 Å². The number of amides is 1. The van der Waals surface area contributed by atoms with E-state index >= 15 is 0 Å². The van der Waals surface area contributed by atoms with Crippen molar-refractivity contribution in [1.82, 2.24) is 14.9 Å². The minimum absolute atomic E-state index is 0.0594. The first-order valence-corrected chi connectivity index (χ1v) is 10.0. The van der Waals surface area contributed by atoms with Gasteiger partial charge in [-0.05, 0) is 37.8 Å². The Hall–Kier alpha value is -2.10. The first-order valence-electron chi connectivity index (χ1n) is 10.0. The molecule has 0 radical (unpaired) electrons. The van der Waals surface area contributed by atoms with Gasteiger partial charge in [-0.2, -0.15) is 0 Å². The Morgan fingerprint density at radius 1 is 1.27 bits per heavy atom. The third-order valence-corrected chi connectivity index (χ3v) is 5.47. The quantitative estimate of drug-likeness (QED) is 0.555. The molecule has 0 saturated heterocycles. The number of imidazole rings is 1. The number of carbonyl (C=O) groups excluding carboxylic acids is 1. The predicted molar refractivity (Wildman–Crippen MR) is 107 cm³/mol. The molecule has 1 fully saturated rings. The molecule has 1 aromatic heterocycles. The molecule has 1 saturated carbocycles. The van der Waals surface area contributed by atoms with Gasteiger partial charge >= 0.3 is 0 Å². The van der Waals surface area contributed by atoms with E-state index in [1.807, 2.05) is 0 Å². The van der Waals surface area contributed by atoms with Crippen LogP contribution in [-0.2, 0) is 17.8 Å². The van der Waals surface area contributed by atoms with Crippen molar-refractivity contribution in [2.75, 3.05) is 6.54 Å². The van der Waals surface area contributed by atoms with E-state index in [-0.39, 0.29) is 5.91 Å². The summed E-state index contributed by atoms with van der Waals surface area (Å²) in [5.74, 6) is 1.95. The number of carbonyl (C=O) groups is 1. The maximum atomic E-state index is 11.6. The first kappa shape index (κ1) is 18.7. The Kier molecular flexibility index (Phi) is 6.48. The predicted octanol–water partition coefficient (Wildman–Crippen LogP) is 4.63. The normalized spacial score (nSPS) is 15.3. The van der Waals surface area contributed by atoms with Crippen molar-refractivity contribution >= 4 is 16.9 Å². The van der Waals surface area contributed by atoms with Crippen LogP contribution in [0.3, 0.4) is 0 Å². The summed E-state index contributed by atoms with van der Waals surface area (Å²) in [4.78, 5) is 16.5. The van der Waals surface area contributed by atoms with Gasteiger partial charge in [-0.3, -0.25) is 4.79 Å². The van der Waals surface area contributed by atoms with Crippen LogP contribution in [0.5, 0.6) is 0 Å². The summed E-state index contributed by atoms with van der Waals surface area (Å²) in [6.07, 6.45) is 9.99. The van der Waals surface area contributed by atoms with Gasteiger partial charge in [0.2, 0.25) is 5.91 Å². The van der Waals surface area contributed by atoms with Crippen molar-refractivity contribution in [1.29, 1.82) is 0 Å². The molecule has 4 heteroatoms. The number of nitrogens with one attached hydrogen (secondary N) is 1. The average Bonchev–Trinajstić information content (AvgIpc) is 3.01. The lowest BCUT2D eigenvalue weighted by molar-refractivity contribution is -0.117. The van der Waals surface area contributed by atoms with Crippen molar-refractivity contribution in [2.45, 2.75) is 64.8 Å². The van der Waals surface area contributed by atoms with Crippen LogP contribution >= 0.6 is 0 Å². The Morgan fingerprint density at radius 2 is 2.04 bits per heavy atom. The van der Waals surface area contributed by atoms with Crippen molar-refractivity contribution in [3.05, 3.63) is 42.2 Å². The summed E-state index contributed by atoms with van der Waals surface area (Å²) in [5.41, 5.74) is 2.88. The molecule has 1 aliphatic rings. The Morgan fingerprint density at radius 3 is 2.81 bits per heavy atom. The maximum Gasteiger partial charge on any atom is 0.246 e. The van der Waals surface area contributed by atoms with Gasteiger partial charge in [0.1, 0.15) is 5.82 Å². The van der Waals surface area contributed by atoms with Gasteiger partial charge in [0.15, 0.2) is 0 Å². The monoisotopic (exact) mass is 353 g/mol. The van der Waals surface area contributed by atoms with Gasteiger partial charge < -0.3 is 9.88 Å². The SMILES string of the molecule is C=C(C)C(=O)NCCCc1nc2ccccc2n1CCC1CCCCC1. The topological polar surface area (TPSA) is 46.9 Å². The second-order valence-corrected chi connectivity index (χ2v) is 7.60. The number of benzene rings is 1. The fourth-order valence-corrected chi connectivity index (χ4v) is 3.95. The van der Waals surface area contributed by atoms with Gasteiger partial charge in [-0.1, -0.05) is 50.8 Å². The molecule has 3 rings (SSSR count). The number of rotatable bonds is 8. The molecule has 1 N–H and O–H groups in total. The zero-order valence-corrected chi connectivity index (χ0v) is 16.0. The van der Waals surface area contributed by atoms with E-state index in [0.717, 1.165) is 36.6 Å². The van der Waals surface area contributed by atoms with Crippen LogP contribution < -0.4 is 5.32 Å². The molecule has 0 bridgehead atoms. The molecule has 0 spiro atoms. The molecule has 1 heterocycles. The number of aromatic nitrogens is 2. The molecule has 1 aromatic carbocycles. The van der Waals surface area contributed by atoms with Crippen molar-refractivity contribution < 1.29 is 4.79 Å². The van der Waals surface area contributed by atoms with E-state index in [2.05, 4.69) is 40.7 Å². The smallest absolute Gasteiger partial charge is 0.246 e. The van der Waals surface area contributed by atoms with E-state index in [0.29, 0.717) is 12.1 Å². The van der Waals surface area contributed by atoms with Crippen molar-refractivity contribution in [2.24, 2.45) is 5.92 Å². The lowest BCUT2D eigenvalue weighted by Gasteiger charge is -2.22. The van der Waals surface area contributed by atoms with Crippen LogP contribution in [0.25, 0.3) is 11.0 Å². The summed E-state index contributed by atoms with van der Waals surface area (Å²) in [6, 6.07) is 8.42. The Bertz CT molecular complexity index is 756. The molecule has 26 heavy (non-hydrogen) atoms. The molecule has 4 nitrogen and oxygen atoms in total. The highest BCUT2D eigenvalue weighted by Gasteiger charge is 2.16. The van der Waals surface area contributed by atoms with Gasteiger partial charge in [-0.25, -0.2) is 4.98 Å². The van der Waals surface area contributed by atoms with Gasteiger partial charge in [0.25, 0.3) is 0 Å². The third kappa shape index (κ3) is 4.75. The zero-order valence-electron chi connectivity index (χ0n) is 16.0. The number of nitrogens with zero attached hydrogens (tertiary/aromatic N) is 2. The second kappa shape index (κ2) is 9.02. The Labute approximate surface area is 156 Å². The minimum Gasteiger partial charge on any atom is -0.352 e. The van der Waals surface area contributed by atoms with E-state index in [1.54, 1.807) is 6.92 Å². The molecule has 0 atom stereocenters. The lowest BCUT2D eigenvalue weighted by atomic mass is 9.87. The van der Waals surface area contributed by atoms with Gasteiger partial charge in [0, 0.05) is 25.1 Å². The minimum atomic E-state index is -0.0594. The van der Waals surface area contributed by atoms with Crippen LogP contribution in [0.2, 0.25) is 0 Å². The molecular weight excluding hydrogens is 322 g/mol. The highest BCUT2D eigenvalue weighted by atomic mass is 16.1. The highest BCUT2D eigenvalue weighted by molar-refractivity contribution is 5.92. The van der Waals surface area contributed by atoms with Crippen LogP contribution in [0.1, 0.15) is 57.7 Å². The number of para-hydroxylation sites is 2. The van der Waals surface area contributed by atoms with Gasteiger partial charge in [0.05, 0.1) is 11.0 Å². The summed E-state index contributed by atoms with van der Waals surface area (Å²) < 4.78 is 2.41. The number of aryl methyl sites for hydroxylation is 2. The van der Waals surface area contributed by atoms with E-state index in [9.17, 15) is 4.79 Å². The standard InChI is InChI=1S/C22H31N3O/c1-17(2)22(26)23-15-8-13-21-24-19-11-6-7-12-20(19)25(21)16-14-18-9-4-3-5-10-18/h6-7,11-12,18H,1,3-5,8-10,13-16H2,2H3,(H,23,26). The summed E-state index contributed by atoms with van der Waals surface area (Å²) in [5, 5.41) is 2.91. The summed E-state index contributed by atoms with van der Waals surface area (Å²) in [6.45, 7) is 7.13. The fourth-order valence-electron chi connectivity index (χ4n) is 3.95. The third-order valence-electron chi connectivity index (χ3n) is 5.47.